The average Bonchev–Trinajstić information content (AvgIpc) is 3.19. The highest BCUT2D eigenvalue weighted by atomic mass is 35.5. The van der Waals surface area contributed by atoms with Crippen molar-refractivity contribution in [1.82, 2.24) is 9.88 Å². The van der Waals surface area contributed by atoms with E-state index in [4.69, 9.17) is 21.3 Å². The second-order valence-electron chi connectivity index (χ2n) is 6.98. The molecule has 2 aromatic heterocycles. The summed E-state index contributed by atoms with van der Waals surface area (Å²) in [5.74, 6) is 0. The van der Waals surface area contributed by atoms with Gasteiger partial charge in [-0.2, -0.15) is 0 Å². The molecule has 1 N–H and O–H groups in total. The van der Waals surface area contributed by atoms with Gasteiger partial charge in [-0.25, -0.2) is 9.78 Å². The zero-order valence-electron chi connectivity index (χ0n) is 15.3. The number of halogens is 1. The Morgan fingerprint density at radius 3 is 2.73 bits per heavy atom. The Morgan fingerprint density at radius 2 is 2.19 bits per heavy atom. The maximum absolute atomic E-state index is 12.2. The molecule has 0 aliphatic carbocycles. The monoisotopic (exact) mass is 411 g/mol. The third kappa shape index (κ3) is 4.39. The van der Waals surface area contributed by atoms with E-state index >= 15 is 0 Å². The summed E-state index contributed by atoms with van der Waals surface area (Å²) in [6.45, 7) is 6.82. The number of nitrogens with one attached hydrogen (secondary N) is 1. The van der Waals surface area contributed by atoms with Crippen molar-refractivity contribution in [2.75, 3.05) is 25.5 Å². The first-order chi connectivity index (χ1) is 12.3. The summed E-state index contributed by atoms with van der Waals surface area (Å²) < 4.78 is 5.46. The van der Waals surface area contributed by atoms with Crippen molar-refractivity contribution in [3.05, 3.63) is 27.4 Å². The molecule has 140 valence electrons. The van der Waals surface area contributed by atoms with E-state index in [-0.39, 0.29) is 6.09 Å². The molecule has 0 radical (unpaired) electrons. The van der Waals surface area contributed by atoms with Crippen LogP contribution in [0, 0.1) is 0 Å². The van der Waals surface area contributed by atoms with Gasteiger partial charge in [-0.3, -0.25) is 0 Å². The van der Waals surface area contributed by atoms with Gasteiger partial charge >= 0.3 is 6.09 Å². The number of carbonyl (C=O) groups excluding carboxylic acids is 1. The van der Waals surface area contributed by atoms with Crippen molar-refractivity contribution in [1.29, 1.82) is 0 Å². The third-order valence-electron chi connectivity index (χ3n) is 3.79. The molecule has 0 aromatic carbocycles. The molecule has 26 heavy (non-hydrogen) atoms. The van der Waals surface area contributed by atoms with Crippen LogP contribution in [0.5, 0.6) is 0 Å². The first-order valence-electron chi connectivity index (χ1n) is 8.37. The molecular weight excluding hydrogens is 390 g/mol. The topological polar surface area (TPSA) is 54.5 Å². The van der Waals surface area contributed by atoms with E-state index in [2.05, 4.69) is 11.4 Å². The smallest absolute Gasteiger partial charge is 0.410 e. The highest BCUT2D eigenvalue weighted by Crippen LogP contribution is 2.41. The van der Waals surface area contributed by atoms with Gasteiger partial charge < -0.3 is 15.0 Å². The lowest BCUT2D eigenvalue weighted by Crippen LogP contribution is -2.39. The second-order valence-corrected chi connectivity index (χ2v) is 9.33. The van der Waals surface area contributed by atoms with Gasteiger partial charge in [0, 0.05) is 25.5 Å². The number of nitrogens with zero attached hydrogens (tertiary/aromatic N) is 2. The molecule has 0 spiro atoms. The van der Waals surface area contributed by atoms with Crippen LogP contribution in [0.15, 0.2) is 17.5 Å². The molecule has 5 nitrogen and oxygen atoms in total. The minimum atomic E-state index is -0.480. The van der Waals surface area contributed by atoms with Crippen LogP contribution < -0.4 is 5.32 Å². The van der Waals surface area contributed by atoms with Gasteiger partial charge in [-0.1, -0.05) is 29.0 Å². The summed E-state index contributed by atoms with van der Waals surface area (Å²) >= 11 is 9.31. The zero-order valence-corrected chi connectivity index (χ0v) is 17.6. The molecule has 2 aromatic rings. The fourth-order valence-electron chi connectivity index (χ4n) is 2.62. The van der Waals surface area contributed by atoms with Crippen molar-refractivity contribution < 1.29 is 9.53 Å². The van der Waals surface area contributed by atoms with E-state index in [0.717, 1.165) is 32.0 Å². The molecule has 8 heteroatoms. The lowest BCUT2D eigenvalue weighted by Gasteiger charge is -2.29. The van der Waals surface area contributed by atoms with Gasteiger partial charge in [0.05, 0.1) is 14.8 Å². The van der Waals surface area contributed by atoms with Crippen LogP contribution in [-0.2, 0) is 4.74 Å². The number of carbonyl (C=O) groups is 1. The van der Waals surface area contributed by atoms with E-state index in [0.29, 0.717) is 13.1 Å². The number of hydrogen-bond acceptors (Lipinski definition) is 6. The number of rotatable bonds is 3. The molecule has 3 rings (SSSR count). The summed E-state index contributed by atoms with van der Waals surface area (Å²) in [6.07, 6.45) is 2.61. The summed E-state index contributed by atoms with van der Waals surface area (Å²) in [6, 6.07) is 1.95. The van der Waals surface area contributed by atoms with Gasteiger partial charge in [0.2, 0.25) is 0 Å². The second kappa shape index (κ2) is 7.58. The molecule has 0 saturated heterocycles. The Morgan fingerprint density at radius 1 is 1.42 bits per heavy atom. The quantitative estimate of drug-likeness (QED) is 0.715. The molecule has 0 fully saturated rings. The van der Waals surface area contributed by atoms with E-state index < -0.39 is 5.60 Å². The summed E-state index contributed by atoms with van der Waals surface area (Å²) in [5.41, 5.74) is 1.68. The Balaban J connectivity index is 1.82. The molecule has 1 aliphatic heterocycles. The highest BCUT2D eigenvalue weighted by molar-refractivity contribution is 7.18. The average molecular weight is 412 g/mol. The Kier molecular flexibility index (Phi) is 5.60. The third-order valence-corrected chi connectivity index (χ3v) is 6.23. The Bertz CT molecular complexity index is 836. The number of thiophene rings is 1. The first kappa shape index (κ1) is 19.2. The lowest BCUT2D eigenvalue weighted by molar-refractivity contribution is 0.0270. The minimum Gasteiger partial charge on any atom is -0.444 e. The number of amides is 1. The Hall–Kier alpha value is -1.57. The molecule has 1 amide bonds. The molecule has 1 aliphatic rings. The standard InChI is InChI=1S/C18H22ClN3O2S2/c1-18(2,3)24-17(23)22-7-5-11(6-8-22)15-14(21-16(20-4)26-15)13-9-12(19)10-25-13/h5,9-10H,6-8H2,1-4H3,(H,20,21). The van der Waals surface area contributed by atoms with Gasteiger partial charge in [0.1, 0.15) is 11.3 Å². The SMILES string of the molecule is CNc1nc(-c2cc(Cl)cs2)c(C2=CCN(C(=O)OC(C)(C)C)CC2)s1. The predicted octanol–water partition coefficient (Wildman–Crippen LogP) is 5.59. The van der Waals surface area contributed by atoms with Crippen LogP contribution in [-0.4, -0.2) is 41.7 Å². The van der Waals surface area contributed by atoms with Crippen LogP contribution in [0.4, 0.5) is 9.93 Å². The molecule has 3 heterocycles. The molecular formula is C18H22ClN3O2S2. The van der Waals surface area contributed by atoms with E-state index in [1.165, 1.54) is 5.57 Å². The largest absolute Gasteiger partial charge is 0.444 e. The van der Waals surface area contributed by atoms with Gasteiger partial charge in [0.15, 0.2) is 5.13 Å². The van der Waals surface area contributed by atoms with Gasteiger partial charge in [-0.15, -0.1) is 11.3 Å². The summed E-state index contributed by atoms with van der Waals surface area (Å²) in [5, 5.41) is 6.63. The maximum atomic E-state index is 12.2. The highest BCUT2D eigenvalue weighted by Gasteiger charge is 2.26. The Labute approximate surface area is 166 Å². The van der Waals surface area contributed by atoms with Crippen molar-refractivity contribution in [2.24, 2.45) is 0 Å². The molecule has 0 unspecified atom stereocenters. The zero-order chi connectivity index (χ0) is 18.9. The van der Waals surface area contributed by atoms with Gasteiger partial charge in [-0.05, 0) is 38.8 Å². The number of aromatic nitrogens is 1. The van der Waals surface area contributed by atoms with E-state index in [1.807, 2.05) is 39.3 Å². The van der Waals surface area contributed by atoms with E-state index in [1.54, 1.807) is 27.6 Å². The summed E-state index contributed by atoms with van der Waals surface area (Å²) in [7, 11) is 1.87. The maximum Gasteiger partial charge on any atom is 0.410 e. The number of ether oxygens (including phenoxy) is 1. The predicted molar refractivity (Wildman–Crippen MR) is 110 cm³/mol. The van der Waals surface area contributed by atoms with Crippen molar-refractivity contribution in [3.8, 4) is 10.6 Å². The fraction of sp³-hybridized carbons (Fsp3) is 0.444. The molecule has 0 bridgehead atoms. The molecule has 0 saturated carbocycles. The van der Waals surface area contributed by atoms with Crippen LogP contribution in [0.1, 0.15) is 32.1 Å². The number of thiazole rings is 1. The molecule has 0 atom stereocenters. The number of hydrogen-bond donors (Lipinski definition) is 1. The van der Waals surface area contributed by atoms with Gasteiger partial charge in [0.25, 0.3) is 0 Å². The van der Waals surface area contributed by atoms with Crippen LogP contribution in [0.2, 0.25) is 5.02 Å². The fourth-order valence-corrected chi connectivity index (χ4v) is 4.75. The lowest BCUT2D eigenvalue weighted by atomic mass is 10.0. The van der Waals surface area contributed by atoms with Crippen molar-refractivity contribution in [3.63, 3.8) is 0 Å². The van der Waals surface area contributed by atoms with Crippen molar-refractivity contribution in [2.45, 2.75) is 32.8 Å². The number of anilines is 1. The van der Waals surface area contributed by atoms with Crippen LogP contribution in [0.25, 0.3) is 16.1 Å². The minimum absolute atomic E-state index is 0.265. The first-order valence-corrected chi connectivity index (χ1v) is 10.4. The van der Waals surface area contributed by atoms with Crippen LogP contribution in [0.3, 0.4) is 0 Å². The van der Waals surface area contributed by atoms with Crippen LogP contribution >= 0.6 is 34.3 Å². The summed E-state index contributed by atoms with van der Waals surface area (Å²) in [4.78, 5) is 20.9. The van der Waals surface area contributed by atoms with E-state index in [9.17, 15) is 4.79 Å². The van der Waals surface area contributed by atoms with Crippen molar-refractivity contribution >= 4 is 51.1 Å². The normalized spacial score (nSPS) is 15.0.